The van der Waals surface area contributed by atoms with Gasteiger partial charge in [0.25, 0.3) is 0 Å². The lowest BCUT2D eigenvalue weighted by Gasteiger charge is -2.47. The molecule has 0 aromatic rings. The summed E-state index contributed by atoms with van der Waals surface area (Å²) in [5.74, 6) is -0.111. The van der Waals surface area contributed by atoms with Crippen LogP contribution < -0.4 is 0 Å². The molecule has 0 aromatic carbocycles. The van der Waals surface area contributed by atoms with Gasteiger partial charge in [0, 0.05) is 11.8 Å². The summed E-state index contributed by atoms with van der Waals surface area (Å²) in [5, 5.41) is 0. The zero-order valence-corrected chi connectivity index (χ0v) is 9.10. The summed E-state index contributed by atoms with van der Waals surface area (Å²) < 4.78 is 0. The minimum absolute atomic E-state index is 0.0853. The second kappa shape index (κ2) is 2.66. The average Bonchev–Trinajstić information content (AvgIpc) is 2.00. The van der Waals surface area contributed by atoms with Crippen molar-refractivity contribution in [3.63, 3.8) is 0 Å². The maximum atomic E-state index is 11.7. The lowest BCUT2D eigenvalue weighted by molar-refractivity contribution is -0.154. The summed E-state index contributed by atoms with van der Waals surface area (Å²) in [6, 6.07) is 0. The molecule has 1 aliphatic carbocycles. The van der Waals surface area contributed by atoms with Crippen LogP contribution in [0.1, 0.15) is 41.0 Å². The van der Waals surface area contributed by atoms with Crippen LogP contribution in [0.2, 0.25) is 0 Å². The van der Waals surface area contributed by atoms with Crippen molar-refractivity contribution in [3.05, 3.63) is 0 Å². The third kappa shape index (κ3) is 1.23. The highest BCUT2D eigenvalue weighted by molar-refractivity contribution is 6.39. The standard InChI is InChI=1S/C11H18O2/c1-7-6-8(12)9(13)11(4,5)10(7,2)3/h7H,6H2,1-5H3. The van der Waals surface area contributed by atoms with Crippen LogP contribution in [0.5, 0.6) is 0 Å². The van der Waals surface area contributed by atoms with Gasteiger partial charge < -0.3 is 0 Å². The fourth-order valence-electron chi connectivity index (χ4n) is 1.88. The first-order valence-corrected chi connectivity index (χ1v) is 4.79. The lowest BCUT2D eigenvalue weighted by Crippen LogP contribution is -2.51. The van der Waals surface area contributed by atoms with Gasteiger partial charge in [-0.05, 0) is 11.3 Å². The Morgan fingerprint density at radius 1 is 1.15 bits per heavy atom. The molecule has 1 rings (SSSR count). The first-order chi connectivity index (χ1) is 5.71. The van der Waals surface area contributed by atoms with Crippen molar-refractivity contribution in [2.24, 2.45) is 16.7 Å². The van der Waals surface area contributed by atoms with Gasteiger partial charge >= 0.3 is 0 Å². The van der Waals surface area contributed by atoms with Crippen LogP contribution in [0.4, 0.5) is 0 Å². The molecule has 1 saturated carbocycles. The number of hydrogen-bond donors (Lipinski definition) is 0. The molecule has 74 valence electrons. The number of hydrogen-bond acceptors (Lipinski definition) is 2. The van der Waals surface area contributed by atoms with Gasteiger partial charge in [0.1, 0.15) is 0 Å². The van der Waals surface area contributed by atoms with Crippen LogP contribution in [-0.4, -0.2) is 11.6 Å². The highest BCUT2D eigenvalue weighted by Crippen LogP contribution is 2.49. The van der Waals surface area contributed by atoms with Crippen LogP contribution in [0.25, 0.3) is 0 Å². The lowest BCUT2D eigenvalue weighted by atomic mass is 9.54. The Bertz CT molecular complexity index is 261. The molecular weight excluding hydrogens is 164 g/mol. The molecular formula is C11H18O2. The largest absolute Gasteiger partial charge is 0.291 e. The maximum Gasteiger partial charge on any atom is 0.204 e. The van der Waals surface area contributed by atoms with Gasteiger partial charge in [-0.3, -0.25) is 9.59 Å². The van der Waals surface area contributed by atoms with E-state index in [1.807, 2.05) is 20.8 Å². The summed E-state index contributed by atoms with van der Waals surface area (Å²) in [4.78, 5) is 23.0. The highest BCUT2D eigenvalue weighted by atomic mass is 16.2. The minimum atomic E-state index is -0.512. The van der Waals surface area contributed by atoms with Gasteiger partial charge in [-0.25, -0.2) is 0 Å². The van der Waals surface area contributed by atoms with E-state index >= 15 is 0 Å². The van der Waals surface area contributed by atoms with Crippen molar-refractivity contribution >= 4 is 11.6 Å². The number of ketones is 2. The molecule has 0 radical (unpaired) electrons. The molecule has 1 atom stereocenters. The van der Waals surface area contributed by atoms with Gasteiger partial charge in [-0.15, -0.1) is 0 Å². The van der Waals surface area contributed by atoms with Crippen LogP contribution >= 0.6 is 0 Å². The molecule has 2 heteroatoms. The molecule has 0 amide bonds. The molecule has 1 unspecified atom stereocenters. The third-order valence-electron chi connectivity index (χ3n) is 4.16. The van der Waals surface area contributed by atoms with Gasteiger partial charge in [-0.1, -0.05) is 34.6 Å². The first-order valence-electron chi connectivity index (χ1n) is 4.79. The van der Waals surface area contributed by atoms with Gasteiger partial charge in [0.2, 0.25) is 5.78 Å². The van der Waals surface area contributed by atoms with E-state index in [0.717, 1.165) is 0 Å². The quantitative estimate of drug-likeness (QED) is 0.538. The zero-order valence-electron chi connectivity index (χ0n) is 9.10. The van der Waals surface area contributed by atoms with E-state index in [2.05, 4.69) is 13.8 Å². The van der Waals surface area contributed by atoms with Crippen molar-refractivity contribution in [3.8, 4) is 0 Å². The van der Waals surface area contributed by atoms with Crippen LogP contribution in [0.15, 0.2) is 0 Å². The van der Waals surface area contributed by atoms with Crippen molar-refractivity contribution in [2.75, 3.05) is 0 Å². The van der Waals surface area contributed by atoms with Crippen molar-refractivity contribution in [1.29, 1.82) is 0 Å². The van der Waals surface area contributed by atoms with Gasteiger partial charge in [-0.2, -0.15) is 0 Å². The van der Waals surface area contributed by atoms with Crippen molar-refractivity contribution in [1.82, 2.24) is 0 Å². The van der Waals surface area contributed by atoms with E-state index in [1.165, 1.54) is 0 Å². The molecule has 0 heterocycles. The van der Waals surface area contributed by atoms with Crippen molar-refractivity contribution < 1.29 is 9.59 Å². The Kier molecular flexibility index (Phi) is 2.13. The first kappa shape index (κ1) is 10.4. The number of carbonyl (C=O) groups excluding carboxylic acids is 2. The number of Topliss-reactive ketones (excluding diaryl/α,β-unsaturated/α-hetero) is 2. The van der Waals surface area contributed by atoms with E-state index in [9.17, 15) is 9.59 Å². The fourth-order valence-corrected chi connectivity index (χ4v) is 1.88. The van der Waals surface area contributed by atoms with Crippen LogP contribution in [0, 0.1) is 16.7 Å². The fraction of sp³-hybridized carbons (Fsp3) is 0.818. The number of rotatable bonds is 0. The molecule has 0 spiro atoms. The molecule has 0 aliphatic heterocycles. The summed E-state index contributed by atoms with van der Waals surface area (Å²) in [6.07, 6.45) is 0.412. The van der Waals surface area contributed by atoms with Gasteiger partial charge in [0.05, 0.1) is 0 Å². The molecule has 1 aliphatic rings. The predicted octanol–water partition coefficient (Wildman–Crippen LogP) is 2.22. The summed E-state index contributed by atoms with van der Waals surface area (Å²) in [5.41, 5.74) is -0.597. The second-order valence-corrected chi connectivity index (χ2v) is 5.20. The monoisotopic (exact) mass is 182 g/mol. The van der Waals surface area contributed by atoms with Gasteiger partial charge in [0.15, 0.2) is 5.78 Å². The normalized spacial score (nSPS) is 31.9. The average molecular weight is 182 g/mol. The Morgan fingerprint density at radius 3 is 2.08 bits per heavy atom. The number of carbonyl (C=O) groups is 2. The molecule has 13 heavy (non-hydrogen) atoms. The predicted molar refractivity (Wildman–Crippen MR) is 51.4 cm³/mol. The minimum Gasteiger partial charge on any atom is -0.291 e. The third-order valence-corrected chi connectivity index (χ3v) is 4.16. The molecule has 0 aromatic heterocycles. The molecule has 0 saturated heterocycles. The molecule has 1 fully saturated rings. The second-order valence-electron chi connectivity index (χ2n) is 5.20. The Balaban J connectivity index is 3.15. The molecule has 2 nitrogen and oxygen atoms in total. The van der Waals surface area contributed by atoms with E-state index < -0.39 is 5.41 Å². The Labute approximate surface area is 79.7 Å². The highest BCUT2D eigenvalue weighted by Gasteiger charge is 2.52. The van der Waals surface area contributed by atoms with E-state index in [0.29, 0.717) is 6.42 Å². The zero-order chi connectivity index (χ0) is 10.4. The molecule has 0 N–H and O–H groups in total. The molecule has 0 bridgehead atoms. The SMILES string of the molecule is CC1CC(=O)C(=O)C(C)(C)C1(C)C. The topological polar surface area (TPSA) is 34.1 Å². The summed E-state index contributed by atoms with van der Waals surface area (Å²) >= 11 is 0. The van der Waals surface area contributed by atoms with E-state index in [-0.39, 0.29) is 22.9 Å². The smallest absolute Gasteiger partial charge is 0.204 e. The Hall–Kier alpha value is -0.660. The van der Waals surface area contributed by atoms with Crippen LogP contribution in [-0.2, 0) is 9.59 Å². The maximum absolute atomic E-state index is 11.7. The Morgan fingerprint density at radius 2 is 1.62 bits per heavy atom. The van der Waals surface area contributed by atoms with Crippen molar-refractivity contribution in [2.45, 2.75) is 41.0 Å². The van der Waals surface area contributed by atoms with E-state index in [1.54, 1.807) is 0 Å². The van der Waals surface area contributed by atoms with E-state index in [4.69, 9.17) is 0 Å². The summed E-state index contributed by atoms with van der Waals surface area (Å²) in [7, 11) is 0. The summed E-state index contributed by atoms with van der Waals surface area (Å²) in [6.45, 7) is 9.95. The van der Waals surface area contributed by atoms with Crippen LogP contribution in [0.3, 0.4) is 0 Å².